The Hall–Kier alpha value is -2.61. The van der Waals surface area contributed by atoms with Crippen molar-refractivity contribution in [2.24, 2.45) is 5.92 Å². The number of rotatable bonds is 3. The molecule has 1 aromatic carbocycles. The lowest BCUT2D eigenvalue weighted by atomic mass is 9.81. The van der Waals surface area contributed by atoms with Gasteiger partial charge in [0.05, 0.1) is 30.9 Å². The number of carbonyl (C=O) groups is 1. The van der Waals surface area contributed by atoms with Crippen molar-refractivity contribution in [1.82, 2.24) is 0 Å². The lowest BCUT2D eigenvalue weighted by Gasteiger charge is -2.29. The summed E-state index contributed by atoms with van der Waals surface area (Å²) < 4.78 is 16.4. The molecule has 8 nitrogen and oxygen atoms in total. The molecule has 2 aliphatic rings. The highest BCUT2D eigenvalue weighted by Crippen LogP contribution is 2.55. The van der Waals surface area contributed by atoms with E-state index in [1.165, 1.54) is 18.1 Å². The maximum Gasteiger partial charge on any atom is 0.417 e. The van der Waals surface area contributed by atoms with E-state index in [1.807, 2.05) is 0 Å². The first-order valence-corrected chi connectivity index (χ1v) is 8.26. The quantitative estimate of drug-likeness (QED) is 0.466. The molecular weight excluding hydrogens is 340 g/mol. The summed E-state index contributed by atoms with van der Waals surface area (Å²) in [5, 5.41) is 12.2. The van der Waals surface area contributed by atoms with Crippen LogP contribution in [0.5, 0.6) is 5.75 Å². The van der Waals surface area contributed by atoms with Crippen molar-refractivity contribution < 1.29 is 23.9 Å². The Kier molecular flexibility index (Phi) is 4.18. The molecule has 0 radical (unpaired) electrons. The predicted octanol–water partition coefficient (Wildman–Crippen LogP) is 3.08. The molecule has 140 valence electrons. The van der Waals surface area contributed by atoms with Crippen LogP contribution in [0.2, 0.25) is 0 Å². The fourth-order valence-electron chi connectivity index (χ4n) is 3.62. The van der Waals surface area contributed by atoms with Crippen molar-refractivity contribution in [2.45, 2.75) is 38.1 Å². The molecule has 0 aliphatic carbocycles. The summed E-state index contributed by atoms with van der Waals surface area (Å²) in [6.07, 6.45) is -0.307. The number of nitro groups is 1. The minimum atomic E-state index is -1.62. The Bertz CT molecular complexity index is 771. The van der Waals surface area contributed by atoms with Crippen LogP contribution in [0.4, 0.5) is 10.5 Å². The maximum atomic E-state index is 12.9. The molecule has 2 heterocycles. The lowest BCUT2D eigenvalue weighted by molar-refractivity contribution is -0.588. The second-order valence-corrected chi connectivity index (χ2v) is 7.34. The zero-order valence-corrected chi connectivity index (χ0v) is 15.2. The number of ether oxygens (including phenoxy) is 3. The van der Waals surface area contributed by atoms with E-state index >= 15 is 0 Å². The zero-order chi connectivity index (χ0) is 19.3. The molecule has 1 saturated heterocycles. The smallest absolute Gasteiger partial charge is 0.417 e. The Labute approximate surface area is 151 Å². The Morgan fingerprint density at radius 1 is 1.50 bits per heavy atom. The third kappa shape index (κ3) is 2.44. The van der Waals surface area contributed by atoms with Gasteiger partial charge in [-0.2, -0.15) is 0 Å². The highest BCUT2D eigenvalue weighted by atomic mass is 16.6. The molecule has 0 spiro atoms. The number of benzene rings is 1. The van der Waals surface area contributed by atoms with E-state index in [0.717, 1.165) is 0 Å². The standard InChI is InChI=1S/C18H22N2O6/c1-6-11-10-25-15-18(11,20(22)23)13-8-7-12(24-5)9-14(13)19(15)16(21)26-17(2,3)4/h6-9,11,15H,1,10H2,2-5H3/t11-,15-,18+/m1/s1. The monoisotopic (exact) mass is 362 g/mol. The van der Waals surface area contributed by atoms with Gasteiger partial charge in [-0.3, -0.25) is 10.1 Å². The summed E-state index contributed by atoms with van der Waals surface area (Å²) in [4.78, 5) is 25.9. The molecule has 8 heteroatoms. The molecule has 1 amide bonds. The molecule has 26 heavy (non-hydrogen) atoms. The molecular formula is C18H22N2O6. The van der Waals surface area contributed by atoms with E-state index in [1.54, 1.807) is 39.0 Å². The second-order valence-electron chi connectivity index (χ2n) is 7.34. The molecule has 0 aromatic heterocycles. The summed E-state index contributed by atoms with van der Waals surface area (Å²) >= 11 is 0. The molecule has 1 aromatic rings. The minimum absolute atomic E-state index is 0.0971. The summed E-state index contributed by atoms with van der Waals surface area (Å²) in [5.74, 6) is -0.104. The summed E-state index contributed by atoms with van der Waals surface area (Å²) in [6.45, 7) is 9.02. The van der Waals surface area contributed by atoms with E-state index in [9.17, 15) is 14.9 Å². The van der Waals surface area contributed by atoms with Crippen LogP contribution in [0.1, 0.15) is 26.3 Å². The van der Waals surface area contributed by atoms with Crippen LogP contribution in [0.25, 0.3) is 0 Å². The first-order valence-electron chi connectivity index (χ1n) is 8.26. The topological polar surface area (TPSA) is 91.1 Å². The van der Waals surface area contributed by atoms with Crippen LogP contribution in [0.15, 0.2) is 30.9 Å². The van der Waals surface area contributed by atoms with Gasteiger partial charge in [-0.1, -0.05) is 6.08 Å². The fourth-order valence-corrected chi connectivity index (χ4v) is 3.62. The predicted molar refractivity (Wildman–Crippen MR) is 93.8 cm³/mol. The van der Waals surface area contributed by atoms with E-state index in [-0.39, 0.29) is 11.5 Å². The van der Waals surface area contributed by atoms with Gasteiger partial charge in [0.2, 0.25) is 6.23 Å². The molecule has 2 aliphatic heterocycles. The Morgan fingerprint density at radius 2 is 2.19 bits per heavy atom. The molecule has 1 fully saturated rings. The van der Waals surface area contributed by atoms with Crippen LogP contribution in [-0.4, -0.2) is 36.6 Å². The van der Waals surface area contributed by atoms with Crippen molar-refractivity contribution in [3.8, 4) is 5.75 Å². The van der Waals surface area contributed by atoms with Gasteiger partial charge in [-0.15, -0.1) is 6.58 Å². The highest BCUT2D eigenvalue weighted by Gasteiger charge is 2.71. The molecule has 3 atom stereocenters. The molecule has 0 unspecified atom stereocenters. The van der Waals surface area contributed by atoms with Crippen LogP contribution < -0.4 is 9.64 Å². The van der Waals surface area contributed by atoms with Crippen LogP contribution in [0, 0.1) is 16.0 Å². The minimum Gasteiger partial charge on any atom is -0.497 e. The fraction of sp³-hybridized carbons (Fsp3) is 0.500. The summed E-state index contributed by atoms with van der Waals surface area (Å²) in [6, 6.07) is 4.84. The van der Waals surface area contributed by atoms with Gasteiger partial charge in [0, 0.05) is 11.0 Å². The third-order valence-electron chi connectivity index (χ3n) is 4.68. The van der Waals surface area contributed by atoms with E-state index in [0.29, 0.717) is 17.0 Å². The van der Waals surface area contributed by atoms with Crippen molar-refractivity contribution in [3.63, 3.8) is 0 Å². The average Bonchev–Trinajstić information content (AvgIpc) is 3.05. The number of fused-ring (bicyclic) bond motifs is 3. The molecule has 0 N–H and O–H groups in total. The maximum absolute atomic E-state index is 12.9. The number of anilines is 1. The normalized spacial score (nSPS) is 26.8. The second kappa shape index (κ2) is 5.98. The average molecular weight is 362 g/mol. The van der Waals surface area contributed by atoms with Gasteiger partial charge in [-0.05, 0) is 32.9 Å². The van der Waals surface area contributed by atoms with E-state index in [2.05, 4.69) is 6.58 Å². The zero-order valence-electron chi connectivity index (χ0n) is 15.2. The number of carbonyl (C=O) groups excluding carboxylic acids is 1. The number of hydrogen-bond acceptors (Lipinski definition) is 6. The third-order valence-corrected chi connectivity index (χ3v) is 4.68. The first-order chi connectivity index (χ1) is 12.2. The number of amides is 1. The van der Waals surface area contributed by atoms with Gasteiger partial charge in [0.15, 0.2) is 0 Å². The number of hydrogen-bond donors (Lipinski definition) is 0. The van der Waals surface area contributed by atoms with E-state index in [4.69, 9.17) is 14.2 Å². The van der Waals surface area contributed by atoms with Crippen molar-refractivity contribution >= 4 is 11.8 Å². The highest BCUT2D eigenvalue weighted by molar-refractivity contribution is 5.92. The van der Waals surface area contributed by atoms with Crippen molar-refractivity contribution in [1.29, 1.82) is 0 Å². The number of nitrogens with zero attached hydrogens (tertiary/aromatic N) is 2. The van der Waals surface area contributed by atoms with Gasteiger partial charge >= 0.3 is 11.6 Å². The van der Waals surface area contributed by atoms with Crippen LogP contribution >= 0.6 is 0 Å². The van der Waals surface area contributed by atoms with Gasteiger partial charge in [0.1, 0.15) is 11.4 Å². The largest absolute Gasteiger partial charge is 0.497 e. The summed E-state index contributed by atoms with van der Waals surface area (Å²) in [7, 11) is 1.49. The Balaban J connectivity index is 2.21. The Morgan fingerprint density at radius 3 is 2.73 bits per heavy atom. The molecule has 0 saturated carbocycles. The van der Waals surface area contributed by atoms with E-state index < -0.39 is 29.4 Å². The van der Waals surface area contributed by atoms with Crippen molar-refractivity contribution in [2.75, 3.05) is 18.6 Å². The first kappa shape index (κ1) is 18.2. The molecule has 0 bridgehead atoms. The molecule has 3 rings (SSSR count). The SMILES string of the molecule is C=C[C@@H]1CO[C@H]2N(C(=O)OC(C)(C)C)c3cc(OC)ccc3[C@@]12[N+](=O)[O-]. The van der Waals surface area contributed by atoms with Crippen molar-refractivity contribution in [3.05, 3.63) is 46.5 Å². The van der Waals surface area contributed by atoms with Crippen LogP contribution in [0.3, 0.4) is 0 Å². The number of methoxy groups -OCH3 is 1. The van der Waals surface area contributed by atoms with Gasteiger partial charge in [-0.25, -0.2) is 9.69 Å². The van der Waals surface area contributed by atoms with Crippen LogP contribution in [-0.2, 0) is 15.0 Å². The van der Waals surface area contributed by atoms with Gasteiger partial charge < -0.3 is 14.2 Å². The lowest BCUT2D eigenvalue weighted by Crippen LogP contribution is -2.52. The van der Waals surface area contributed by atoms with Gasteiger partial charge in [0.25, 0.3) is 0 Å². The summed E-state index contributed by atoms with van der Waals surface area (Å²) in [5.41, 5.74) is -1.64.